The van der Waals surface area contributed by atoms with Crippen LogP contribution in [0.5, 0.6) is 5.75 Å². The Hall–Kier alpha value is -3.30. The molecule has 1 atom stereocenters. The van der Waals surface area contributed by atoms with E-state index in [-0.39, 0.29) is 43.7 Å². The second-order valence-electron chi connectivity index (χ2n) is 8.78. The molecule has 1 aliphatic heterocycles. The van der Waals surface area contributed by atoms with E-state index in [0.29, 0.717) is 25.1 Å². The van der Waals surface area contributed by atoms with Crippen molar-refractivity contribution in [1.82, 2.24) is 14.8 Å². The van der Waals surface area contributed by atoms with Gasteiger partial charge in [0, 0.05) is 36.5 Å². The number of aryl methyl sites for hydroxylation is 2. The molecule has 1 fully saturated rings. The molecule has 190 valence electrons. The zero-order valence-electron chi connectivity index (χ0n) is 20.5. The van der Waals surface area contributed by atoms with Gasteiger partial charge in [0.1, 0.15) is 11.6 Å². The first-order valence-corrected chi connectivity index (χ1v) is 12.7. The third-order valence-electron chi connectivity index (χ3n) is 6.26. The van der Waals surface area contributed by atoms with E-state index in [4.69, 9.17) is 9.47 Å². The maximum atomic E-state index is 14.2. The van der Waals surface area contributed by atoms with Crippen LogP contribution in [0.25, 0.3) is 0 Å². The van der Waals surface area contributed by atoms with E-state index in [9.17, 15) is 14.0 Å². The Morgan fingerprint density at radius 2 is 1.94 bits per heavy atom. The number of halogens is 1. The average Bonchev–Trinajstić information content (AvgIpc) is 3.23. The van der Waals surface area contributed by atoms with Crippen LogP contribution in [-0.2, 0) is 33.9 Å². The highest BCUT2D eigenvalue weighted by molar-refractivity contribution is 7.09. The highest BCUT2D eigenvalue weighted by Crippen LogP contribution is 2.19. The minimum Gasteiger partial charge on any atom is -0.497 e. The van der Waals surface area contributed by atoms with E-state index in [0.717, 1.165) is 21.9 Å². The van der Waals surface area contributed by atoms with Crippen molar-refractivity contribution in [3.05, 3.63) is 81.6 Å². The molecule has 1 saturated heterocycles. The largest absolute Gasteiger partial charge is 0.497 e. The smallest absolute Gasteiger partial charge is 0.242 e. The lowest BCUT2D eigenvalue weighted by Crippen LogP contribution is -2.39. The van der Waals surface area contributed by atoms with E-state index in [1.54, 1.807) is 40.6 Å². The van der Waals surface area contributed by atoms with Gasteiger partial charge in [-0.2, -0.15) is 0 Å². The molecule has 2 heterocycles. The number of rotatable bonds is 9. The molecule has 1 aromatic heterocycles. The summed E-state index contributed by atoms with van der Waals surface area (Å²) in [5.74, 6) is 0.136. The predicted octanol–water partition coefficient (Wildman–Crippen LogP) is 3.99. The molecular weight excluding hydrogens is 481 g/mol. The summed E-state index contributed by atoms with van der Waals surface area (Å²) in [7, 11) is 1.60. The standard InChI is InChI=1S/C27H30FN3O4S/c1-19-25(36-18-29-19)11-12-26(32)31-15-23(35-17-21-5-3-4-6-24(21)28)14-30(27(33)16-31)13-20-7-9-22(34-2)10-8-20/h3-10,18,23H,11-17H2,1-2H3. The minimum atomic E-state index is -0.455. The van der Waals surface area contributed by atoms with E-state index in [2.05, 4.69) is 4.98 Å². The number of hydrogen-bond acceptors (Lipinski definition) is 6. The SMILES string of the molecule is COc1ccc(CN2CC(OCc3ccccc3F)CN(C(=O)CCc3scnc3C)CC2=O)cc1. The molecule has 0 N–H and O–H groups in total. The van der Waals surface area contributed by atoms with Gasteiger partial charge in [-0.1, -0.05) is 30.3 Å². The predicted molar refractivity (Wildman–Crippen MR) is 135 cm³/mol. The lowest BCUT2D eigenvalue weighted by molar-refractivity contribution is -0.139. The minimum absolute atomic E-state index is 0.0176. The van der Waals surface area contributed by atoms with E-state index >= 15 is 0 Å². The molecule has 0 spiro atoms. The average molecular weight is 512 g/mol. The fraction of sp³-hybridized carbons (Fsp3) is 0.370. The van der Waals surface area contributed by atoms with Gasteiger partial charge in [0.25, 0.3) is 0 Å². The van der Waals surface area contributed by atoms with Crippen LogP contribution >= 0.6 is 11.3 Å². The number of benzene rings is 2. The molecular formula is C27H30FN3O4S. The number of carbonyl (C=O) groups excluding carboxylic acids is 2. The summed E-state index contributed by atoms with van der Waals surface area (Å²) in [4.78, 5) is 34.9. The van der Waals surface area contributed by atoms with Gasteiger partial charge in [0.05, 0.1) is 37.6 Å². The van der Waals surface area contributed by atoms with Gasteiger partial charge in [-0.05, 0) is 37.1 Å². The highest BCUT2D eigenvalue weighted by Gasteiger charge is 2.31. The van der Waals surface area contributed by atoms with Crippen molar-refractivity contribution < 1.29 is 23.5 Å². The topological polar surface area (TPSA) is 72.0 Å². The third-order valence-corrected chi connectivity index (χ3v) is 7.25. The van der Waals surface area contributed by atoms with Crippen molar-refractivity contribution in [2.75, 3.05) is 26.7 Å². The summed E-state index contributed by atoms with van der Waals surface area (Å²) in [5.41, 5.74) is 4.08. The van der Waals surface area contributed by atoms with Gasteiger partial charge in [0.15, 0.2) is 0 Å². The van der Waals surface area contributed by atoms with Crippen LogP contribution in [0, 0.1) is 12.7 Å². The number of aromatic nitrogens is 1. The molecule has 2 amide bonds. The number of nitrogens with zero attached hydrogens (tertiary/aromatic N) is 3. The third kappa shape index (κ3) is 6.67. The summed E-state index contributed by atoms with van der Waals surface area (Å²) >= 11 is 1.53. The lowest BCUT2D eigenvalue weighted by atomic mass is 10.2. The molecule has 0 aliphatic carbocycles. The molecule has 36 heavy (non-hydrogen) atoms. The number of thiazole rings is 1. The molecule has 7 nitrogen and oxygen atoms in total. The Labute approximate surface area is 214 Å². The molecule has 4 rings (SSSR count). The lowest BCUT2D eigenvalue weighted by Gasteiger charge is -2.25. The summed E-state index contributed by atoms with van der Waals surface area (Å²) in [6, 6.07) is 14.0. The normalized spacial score (nSPS) is 16.2. The zero-order chi connectivity index (χ0) is 25.5. The monoisotopic (exact) mass is 511 g/mol. The second kappa shape index (κ2) is 12.1. The second-order valence-corrected chi connectivity index (χ2v) is 9.72. The van der Waals surface area contributed by atoms with Gasteiger partial charge in [0.2, 0.25) is 11.8 Å². The Morgan fingerprint density at radius 3 is 2.64 bits per heavy atom. The van der Waals surface area contributed by atoms with Crippen LogP contribution in [0.1, 0.15) is 28.1 Å². The van der Waals surface area contributed by atoms with Gasteiger partial charge in [-0.15, -0.1) is 11.3 Å². The molecule has 3 aromatic rings. The number of carbonyl (C=O) groups is 2. The van der Waals surface area contributed by atoms with Crippen molar-refractivity contribution in [2.45, 2.75) is 39.0 Å². The Balaban J connectivity index is 1.47. The fourth-order valence-electron chi connectivity index (χ4n) is 4.15. The fourth-order valence-corrected chi connectivity index (χ4v) is 4.93. The first kappa shape index (κ1) is 25.8. The van der Waals surface area contributed by atoms with Crippen LogP contribution in [0.2, 0.25) is 0 Å². The highest BCUT2D eigenvalue weighted by atomic mass is 32.1. The Bertz CT molecular complexity index is 1180. The van der Waals surface area contributed by atoms with Crippen LogP contribution in [0.15, 0.2) is 54.0 Å². The van der Waals surface area contributed by atoms with Crippen molar-refractivity contribution in [2.24, 2.45) is 0 Å². The molecule has 1 aliphatic rings. The van der Waals surface area contributed by atoms with Gasteiger partial charge < -0.3 is 19.3 Å². The van der Waals surface area contributed by atoms with Gasteiger partial charge in [-0.3, -0.25) is 9.59 Å². The molecule has 2 aromatic carbocycles. The first-order chi connectivity index (χ1) is 17.4. The summed E-state index contributed by atoms with van der Waals surface area (Å²) < 4.78 is 25.5. The van der Waals surface area contributed by atoms with Crippen molar-refractivity contribution >= 4 is 23.2 Å². The van der Waals surface area contributed by atoms with Crippen molar-refractivity contribution in [3.63, 3.8) is 0 Å². The van der Waals surface area contributed by atoms with E-state index in [1.807, 2.05) is 31.2 Å². The number of hydrogen-bond donors (Lipinski definition) is 0. The van der Waals surface area contributed by atoms with Crippen molar-refractivity contribution in [1.29, 1.82) is 0 Å². The van der Waals surface area contributed by atoms with Crippen LogP contribution in [-0.4, -0.2) is 59.4 Å². The molecule has 0 saturated carbocycles. The summed E-state index contributed by atoms with van der Waals surface area (Å²) in [6.07, 6.45) is 0.411. The van der Waals surface area contributed by atoms with Crippen LogP contribution < -0.4 is 4.74 Å². The maximum absolute atomic E-state index is 14.2. The summed E-state index contributed by atoms with van der Waals surface area (Å²) in [6.45, 7) is 2.91. The van der Waals surface area contributed by atoms with Crippen LogP contribution in [0.4, 0.5) is 4.39 Å². The van der Waals surface area contributed by atoms with Crippen molar-refractivity contribution in [3.8, 4) is 5.75 Å². The van der Waals surface area contributed by atoms with E-state index < -0.39 is 6.10 Å². The maximum Gasteiger partial charge on any atom is 0.242 e. The summed E-state index contributed by atoms with van der Waals surface area (Å²) in [5, 5.41) is 0. The van der Waals surface area contributed by atoms with E-state index in [1.165, 1.54) is 17.4 Å². The molecule has 0 bridgehead atoms. The number of methoxy groups -OCH3 is 1. The quantitative estimate of drug-likeness (QED) is 0.435. The molecule has 9 heteroatoms. The first-order valence-electron chi connectivity index (χ1n) is 11.9. The zero-order valence-corrected chi connectivity index (χ0v) is 21.3. The Kier molecular flexibility index (Phi) is 8.66. The molecule has 0 radical (unpaired) electrons. The molecule has 1 unspecified atom stereocenters. The Morgan fingerprint density at radius 1 is 1.17 bits per heavy atom. The van der Waals surface area contributed by atoms with Gasteiger partial charge >= 0.3 is 0 Å². The number of amides is 2. The van der Waals surface area contributed by atoms with Gasteiger partial charge in [-0.25, -0.2) is 9.37 Å². The van der Waals surface area contributed by atoms with Crippen LogP contribution in [0.3, 0.4) is 0 Å². The number of ether oxygens (including phenoxy) is 2.